The first kappa shape index (κ1) is 16.3. The molecule has 0 amide bonds. The Bertz CT molecular complexity index is 915. The number of ketones is 2. The fourth-order valence-corrected chi connectivity index (χ4v) is 2.86. The summed E-state index contributed by atoms with van der Waals surface area (Å²) in [5, 5.41) is 2.17. The summed E-state index contributed by atoms with van der Waals surface area (Å²) in [5.41, 5.74) is 3.70. The van der Waals surface area contributed by atoms with Gasteiger partial charge in [0.15, 0.2) is 11.6 Å². The Hall–Kier alpha value is -2.61. The lowest BCUT2D eigenvalue weighted by atomic mass is 9.93. The third kappa shape index (κ3) is 3.18. The molecule has 0 saturated carbocycles. The van der Waals surface area contributed by atoms with Crippen molar-refractivity contribution in [3.63, 3.8) is 0 Å². The topological polar surface area (TPSA) is 34.1 Å². The van der Waals surface area contributed by atoms with Crippen LogP contribution in [0.4, 0.5) is 0 Å². The second-order valence-corrected chi connectivity index (χ2v) is 5.91. The van der Waals surface area contributed by atoms with E-state index in [0.717, 1.165) is 33.0 Å². The zero-order valence-electron chi connectivity index (χ0n) is 14.0. The number of benzene rings is 3. The Morgan fingerprint density at radius 1 is 0.625 bits per heavy atom. The molecule has 0 aliphatic carbocycles. The molecule has 24 heavy (non-hydrogen) atoms. The molecule has 0 fully saturated rings. The Labute approximate surface area is 143 Å². The monoisotopic (exact) mass is 312 g/mol. The van der Waals surface area contributed by atoms with E-state index in [1.54, 1.807) is 0 Å². The van der Waals surface area contributed by atoms with Gasteiger partial charge in [-0.25, -0.2) is 0 Å². The molecule has 3 rings (SSSR count). The second kappa shape index (κ2) is 6.88. The van der Waals surface area contributed by atoms with E-state index in [1.165, 1.54) is 0 Å². The summed E-state index contributed by atoms with van der Waals surface area (Å²) in [7, 11) is 3.75. The van der Waals surface area contributed by atoms with Gasteiger partial charge in [-0.05, 0) is 46.7 Å². The summed E-state index contributed by atoms with van der Waals surface area (Å²) in [5.74, 6) is 0.324. The van der Waals surface area contributed by atoms with E-state index < -0.39 is 0 Å². The van der Waals surface area contributed by atoms with Crippen LogP contribution in [0.5, 0.6) is 0 Å². The average Bonchev–Trinajstić information content (AvgIpc) is 2.66. The molecule has 0 atom stereocenters. The largest absolute Gasteiger partial charge is 0.295 e. The van der Waals surface area contributed by atoms with Gasteiger partial charge in [-0.2, -0.15) is 0 Å². The van der Waals surface area contributed by atoms with Crippen LogP contribution in [0.15, 0.2) is 60.7 Å². The number of carbonyl (C=O) groups is 2. The predicted molar refractivity (Wildman–Crippen MR) is 105 cm³/mol. The van der Waals surface area contributed by atoms with Gasteiger partial charge >= 0.3 is 0 Å². The van der Waals surface area contributed by atoms with Crippen LogP contribution in [0.3, 0.4) is 0 Å². The van der Waals surface area contributed by atoms with E-state index in [1.807, 2.05) is 64.2 Å². The van der Waals surface area contributed by atoms with Crippen molar-refractivity contribution in [2.45, 2.75) is 12.6 Å². The van der Waals surface area contributed by atoms with Crippen molar-refractivity contribution in [1.82, 2.24) is 0 Å². The zero-order chi connectivity index (χ0) is 17.1. The molecule has 0 N–H and O–H groups in total. The molecule has 0 saturated heterocycles. The fourth-order valence-electron chi connectivity index (χ4n) is 2.86. The summed E-state index contributed by atoms with van der Waals surface area (Å²) >= 11 is 0. The molecule has 0 unspecified atom stereocenters. The van der Waals surface area contributed by atoms with Gasteiger partial charge in [-0.1, -0.05) is 48.5 Å². The molecule has 4 heteroatoms. The maximum absolute atomic E-state index is 11.8. The van der Waals surface area contributed by atoms with Crippen LogP contribution in [-0.2, 0) is 0 Å². The van der Waals surface area contributed by atoms with Gasteiger partial charge in [0, 0.05) is 11.1 Å². The second-order valence-electron chi connectivity index (χ2n) is 5.91. The summed E-state index contributed by atoms with van der Waals surface area (Å²) in [6.45, 7) is 0. The lowest BCUT2D eigenvalue weighted by molar-refractivity contribution is 0.101. The molecule has 0 aromatic heterocycles. The van der Waals surface area contributed by atoms with Crippen LogP contribution in [0.1, 0.15) is 20.7 Å². The first-order valence-corrected chi connectivity index (χ1v) is 8.33. The smallest absolute Gasteiger partial charge is 0.155 e. The SMILES string of the molecule is BCC(=O)c1ccc(-c2ccc3cc(C(=O)CB)ccc3c2)cc1. The minimum absolute atomic E-state index is 0.160. The lowest BCUT2D eigenvalue weighted by Crippen LogP contribution is -1.97. The van der Waals surface area contributed by atoms with Crippen molar-refractivity contribution in [2.24, 2.45) is 0 Å². The van der Waals surface area contributed by atoms with Crippen LogP contribution >= 0.6 is 0 Å². The van der Waals surface area contributed by atoms with Crippen molar-refractivity contribution in [3.05, 3.63) is 71.8 Å². The normalized spacial score (nSPS) is 10.7. The van der Waals surface area contributed by atoms with E-state index in [4.69, 9.17) is 0 Å². The van der Waals surface area contributed by atoms with Crippen molar-refractivity contribution in [1.29, 1.82) is 0 Å². The highest BCUT2D eigenvalue weighted by atomic mass is 16.1. The summed E-state index contributed by atoms with van der Waals surface area (Å²) in [6.07, 6.45) is 1.04. The van der Waals surface area contributed by atoms with E-state index in [0.29, 0.717) is 12.6 Å². The fraction of sp³-hybridized carbons (Fsp3) is 0.100. The standard InChI is InChI=1S/C20H18B2O2/c21-11-19(23)14-3-1-13(2-4-14)15-5-6-17-10-18(20(24)12-22)8-7-16(17)9-15/h1-10H,11-12,21-22H2. The molecule has 0 bridgehead atoms. The van der Waals surface area contributed by atoms with E-state index in [-0.39, 0.29) is 11.6 Å². The molecule has 2 nitrogen and oxygen atoms in total. The molecule has 0 spiro atoms. The first-order valence-electron chi connectivity index (χ1n) is 8.33. The van der Waals surface area contributed by atoms with Crippen LogP contribution in [0.25, 0.3) is 21.9 Å². The summed E-state index contributed by atoms with van der Waals surface area (Å²) < 4.78 is 0. The minimum Gasteiger partial charge on any atom is -0.295 e. The number of carbonyl (C=O) groups excluding carboxylic acids is 2. The predicted octanol–water partition coefficient (Wildman–Crippen LogP) is 2.98. The lowest BCUT2D eigenvalue weighted by Gasteiger charge is -2.07. The number of hydrogen-bond donors (Lipinski definition) is 0. The molecular weight excluding hydrogens is 294 g/mol. The van der Waals surface area contributed by atoms with Gasteiger partial charge in [0.25, 0.3) is 0 Å². The van der Waals surface area contributed by atoms with Crippen LogP contribution in [0, 0.1) is 0 Å². The highest BCUT2D eigenvalue weighted by Crippen LogP contribution is 2.26. The van der Waals surface area contributed by atoms with Crippen LogP contribution in [-0.4, -0.2) is 27.3 Å². The van der Waals surface area contributed by atoms with Gasteiger partial charge in [-0.15, -0.1) is 0 Å². The van der Waals surface area contributed by atoms with Crippen LogP contribution in [0.2, 0.25) is 12.6 Å². The molecule has 0 aliphatic heterocycles. The average molecular weight is 312 g/mol. The van der Waals surface area contributed by atoms with Crippen molar-refractivity contribution < 1.29 is 9.59 Å². The van der Waals surface area contributed by atoms with E-state index in [2.05, 4.69) is 12.1 Å². The first-order chi connectivity index (χ1) is 11.6. The maximum atomic E-state index is 11.8. The number of Topliss-reactive ketones (excluding diaryl/α,β-unsaturated/α-hetero) is 2. The Morgan fingerprint density at radius 3 is 1.79 bits per heavy atom. The zero-order valence-corrected chi connectivity index (χ0v) is 14.0. The van der Waals surface area contributed by atoms with Gasteiger partial charge in [0.05, 0.1) is 0 Å². The third-order valence-electron chi connectivity index (χ3n) is 4.34. The Kier molecular flexibility index (Phi) is 4.66. The maximum Gasteiger partial charge on any atom is 0.155 e. The molecule has 0 heterocycles. The van der Waals surface area contributed by atoms with E-state index in [9.17, 15) is 9.59 Å². The molecule has 0 aliphatic rings. The molecule has 116 valence electrons. The third-order valence-corrected chi connectivity index (χ3v) is 4.34. The molecular formula is C20H18B2O2. The summed E-state index contributed by atoms with van der Waals surface area (Å²) in [6, 6.07) is 19.8. The van der Waals surface area contributed by atoms with Gasteiger partial charge in [0.1, 0.15) is 15.7 Å². The minimum atomic E-state index is 0.160. The van der Waals surface area contributed by atoms with Gasteiger partial charge in [-0.3, -0.25) is 9.59 Å². The Balaban J connectivity index is 1.96. The van der Waals surface area contributed by atoms with Crippen LogP contribution < -0.4 is 0 Å². The van der Waals surface area contributed by atoms with Gasteiger partial charge in [0.2, 0.25) is 0 Å². The molecule has 3 aromatic rings. The Morgan fingerprint density at radius 2 is 1.12 bits per heavy atom. The number of fused-ring (bicyclic) bond motifs is 1. The van der Waals surface area contributed by atoms with E-state index >= 15 is 0 Å². The van der Waals surface area contributed by atoms with Crippen molar-refractivity contribution in [2.75, 3.05) is 0 Å². The number of hydrogen-bond acceptors (Lipinski definition) is 2. The molecule has 3 aromatic carbocycles. The van der Waals surface area contributed by atoms with Crippen molar-refractivity contribution in [3.8, 4) is 11.1 Å². The summed E-state index contributed by atoms with van der Waals surface area (Å²) in [4.78, 5) is 23.5. The van der Waals surface area contributed by atoms with Gasteiger partial charge < -0.3 is 0 Å². The van der Waals surface area contributed by atoms with Crippen molar-refractivity contribution >= 4 is 38.0 Å². The highest BCUT2D eigenvalue weighted by Gasteiger charge is 2.06. The number of rotatable bonds is 5. The molecule has 0 radical (unpaired) electrons. The quantitative estimate of drug-likeness (QED) is 0.536. The highest BCUT2D eigenvalue weighted by molar-refractivity contribution is 6.24.